The Balaban J connectivity index is 1.88. The molecule has 3 heteroatoms. The van der Waals surface area contributed by atoms with Crippen molar-refractivity contribution in [3.05, 3.63) is 114 Å². The smallest absolute Gasteiger partial charge is 0.0574 e. The monoisotopic (exact) mass is 423 g/mol. The van der Waals surface area contributed by atoms with Crippen LogP contribution in [0.3, 0.4) is 0 Å². The molecular formula is C29H33N3. The molecule has 1 aliphatic carbocycles. The predicted octanol–water partition coefficient (Wildman–Crippen LogP) is 6.32. The molecule has 0 bridgehead atoms. The van der Waals surface area contributed by atoms with Crippen molar-refractivity contribution in [3.63, 3.8) is 0 Å². The molecule has 2 aromatic carbocycles. The molecule has 0 amide bonds. The van der Waals surface area contributed by atoms with E-state index in [1.54, 1.807) is 0 Å². The first-order chi connectivity index (χ1) is 15.5. The number of anilines is 2. The third-order valence-corrected chi connectivity index (χ3v) is 5.29. The summed E-state index contributed by atoms with van der Waals surface area (Å²) in [5.41, 5.74) is 8.17. The van der Waals surface area contributed by atoms with Crippen molar-refractivity contribution >= 4 is 22.7 Å². The highest BCUT2D eigenvalue weighted by atomic mass is 15.1. The zero-order valence-electron chi connectivity index (χ0n) is 19.8. The minimum atomic E-state index is 0.807. The van der Waals surface area contributed by atoms with Crippen molar-refractivity contribution < 1.29 is 0 Å². The van der Waals surface area contributed by atoms with Gasteiger partial charge >= 0.3 is 0 Å². The van der Waals surface area contributed by atoms with E-state index >= 15 is 0 Å². The average Bonchev–Trinajstić information content (AvgIpc) is 2.80. The number of rotatable bonds is 7. The zero-order valence-corrected chi connectivity index (χ0v) is 19.8. The Morgan fingerprint density at radius 2 is 1.22 bits per heavy atom. The van der Waals surface area contributed by atoms with Gasteiger partial charge < -0.3 is 9.80 Å². The van der Waals surface area contributed by atoms with E-state index in [4.69, 9.17) is 0 Å². The molecule has 2 aromatic rings. The van der Waals surface area contributed by atoms with Gasteiger partial charge in [0.15, 0.2) is 0 Å². The first kappa shape index (κ1) is 23.1. The molecule has 0 aromatic heterocycles. The van der Waals surface area contributed by atoms with Crippen LogP contribution in [0.2, 0.25) is 0 Å². The second kappa shape index (κ2) is 11.1. The minimum absolute atomic E-state index is 0.807. The topological polar surface area (TPSA) is 18.8 Å². The van der Waals surface area contributed by atoms with Crippen LogP contribution >= 0.6 is 0 Å². The van der Waals surface area contributed by atoms with Gasteiger partial charge in [0.25, 0.3) is 0 Å². The summed E-state index contributed by atoms with van der Waals surface area (Å²) in [5, 5.41) is 0. The van der Waals surface area contributed by atoms with Crippen LogP contribution in [0.25, 0.3) is 5.57 Å². The van der Waals surface area contributed by atoms with Gasteiger partial charge in [-0.3, -0.25) is 4.99 Å². The van der Waals surface area contributed by atoms with Crippen LogP contribution in [-0.4, -0.2) is 40.4 Å². The Morgan fingerprint density at radius 1 is 0.719 bits per heavy atom. The lowest BCUT2D eigenvalue weighted by Gasteiger charge is -2.16. The van der Waals surface area contributed by atoms with Crippen LogP contribution < -0.4 is 9.80 Å². The number of hydrogen-bond acceptors (Lipinski definition) is 3. The van der Waals surface area contributed by atoms with Crippen molar-refractivity contribution in [3.8, 4) is 0 Å². The molecule has 0 spiro atoms. The van der Waals surface area contributed by atoms with Gasteiger partial charge in [-0.05, 0) is 65.6 Å². The van der Waals surface area contributed by atoms with E-state index < -0.39 is 0 Å². The van der Waals surface area contributed by atoms with E-state index in [-0.39, 0.29) is 0 Å². The predicted molar refractivity (Wildman–Crippen MR) is 142 cm³/mol. The number of benzene rings is 2. The highest BCUT2D eigenvalue weighted by Gasteiger charge is 2.06. The van der Waals surface area contributed by atoms with Crippen LogP contribution in [-0.2, 0) is 0 Å². The van der Waals surface area contributed by atoms with E-state index in [0.717, 1.165) is 17.8 Å². The fourth-order valence-electron chi connectivity index (χ4n) is 3.43. The lowest BCUT2D eigenvalue weighted by Crippen LogP contribution is -2.08. The minimum Gasteiger partial charge on any atom is -0.378 e. The molecule has 0 unspecified atom stereocenters. The van der Waals surface area contributed by atoms with Gasteiger partial charge in [-0.15, -0.1) is 0 Å². The molecule has 0 radical (unpaired) electrons. The van der Waals surface area contributed by atoms with Gasteiger partial charge in [-0.2, -0.15) is 0 Å². The molecule has 0 aliphatic heterocycles. The molecule has 3 rings (SSSR count). The summed E-state index contributed by atoms with van der Waals surface area (Å²) < 4.78 is 0. The normalized spacial score (nSPS) is 12.8. The maximum atomic E-state index is 4.42. The molecule has 1 aliphatic rings. The first-order valence-corrected chi connectivity index (χ1v) is 11.0. The van der Waals surface area contributed by atoms with Crippen molar-refractivity contribution in [1.82, 2.24) is 0 Å². The lowest BCUT2D eigenvalue weighted by atomic mass is 9.96. The van der Waals surface area contributed by atoms with Crippen LogP contribution in [0.5, 0.6) is 0 Å². The SMILES string of the molecule is CCN=C1C=CC(=CC=CC=C(c2ccc(N(C)C)cc2)c2ccc(N(C)C)cc2)C=C1. The van der Waals surface area contributed by atoms with Crippen LogP contribution in [0.15, 0.2) is 108 Å². The van der Waals surface area contributed by atoms with Crippen molar-refractivity contribution in [1.29, 1.82) is 0 Å². The number of hydrogen-bond donors (Lipinski definition) is 0. The van der Waals surface area contributed by atoms with Gasteiger partial charge in [-0.1, -0.05) is 60.7 Å². The maximum Gasteiger partial charge on any atom is 0.0574 e. The van der Waals surface area contributed by atoms with Gasteiger partial charge in [0.1, 0.15) is 0 Å². The summed E-state index contributed by atoms with van der Waals surface area (Å²) in [7, 11) is 8.25. The number of allylic oxidation sites excluding steroid dienone is 9. The fraction of sp³-hybridized carbons (Fsp3) is 0.207. The molecule has 0 N–H and O–H groups in total. The van der Waals surface area contributed by atoms with E-state index in [9.17, 15) is 0 Å². The lowest BCUT2D eigenvalue weighted by molar-refractivity contribution is 1.13. The third-order valence-electron chi connectivity index (χ3n) is 5.29. The van der Waals surface area contributed by atoms with E-state index in [0.29, 0.717) is 0 Å². The maximum absolute atomic E-state index is 4.42. The molecule has 0 saturated carbocycles. The first-order valence-electron chi connectivity index (χ1n) is 11.0. The fourth-order valence-corrected chi connectivity index (χ4v) is 3.43. The molecular weight excluding hydrogens is 390 g/mol. The number of aliphatic imine (C=N–C) groups is 1. The number of nitrogens with zero attached hydrogens (tertiary/aromatic N) is 3. The van der Waals surface area contributed by atoms with Crippen LogP contribution in [0, 0.1) is 0 Å². The second-order valence-corrected chi connectivity index (χ2v) is 8.08. The summed E-state index contributed by atoms with van der Waals surface area (Å²) in [6, 6.07) is 17.4. The zero-order chi connectivity index (χ0) is 22.9. The molecule has 0 atom stereocenters. The van der Waals surface area contributed by atoms with E-state index in [1.807, 2.05) is 0 Å². The summed E-state index contributed by atoms with van der Waals surface area (Å²) in [4.78, 5) is 8.66. The largest absolute Gasteiger partial charge is 0.378 e. The van der Waals surface area contributed by atoms with Crippen molar-refractivity contribution in [2.75, 3.05) is 44.5 Å². The molecule has 164 valence electrons. The molecule has 32 heavy (non-hydrogen) atoms. The van der Waals surface area contributed by atoms with Gasteiger partial charge in [0.2, 0.25) is 0 Å². The summed E-state index contributed by atoms with van der Waals surface area (Å²) in [6.45, 7) is 2.86. The summed E-state index contributed by atoms with van der Waals surface area (Å²) in [6.07, 6.45) is 16.8. The Labute approximate surface area is 193 Å². The van der Waals surface area contributed by atoms with E-state index in [1.165, 1.54) is 28.1 Å². The van der Waals surface area contributed by atoms with Crippen LogP contribution in [0.4, 0.5) is 11.4 Å². The summed E-state index contributed by atoms with van der Waals surface area (Å²) >= 11 is 0. The molecule has 0 saturated heterocycles. The Hall–Kier alpha value is -3.59. The summed E-state index contributed by atoms with van der Waals surface area (Å²) in [5.74, 6) is 0. The standard InChI is InChI=1S/C29H33N3/c1-6-30-26-17-11-23(12-18-26)9-7-8-10-29(24-13-19-27(20-14-24)31(2)3)25-15-21-28(22-16-25)32(4)5/h7-22H,6H2,1-5H3. The van der Waals surface area contributed by atoms with Crippen molar-refractivity contribution in [2.45, 2.75) is 6.92 Å². The van der Waals surface area contributed by atoms with Gasteiger partial charge in [0.05, 0.1) is 5.71 Å². The highest BCUT2D eigenvalue weighted by Crippen LogP contribution is 2.27. The van der Waals surface area contributed by atoms with Crippen molar-refractivity contribution in [2.24, 2.45) is 4.99 Å². The van der Waals surface area contributed by atoms with E-state index in [2.05, 4.69) is 147 Å². The Morgan fingerprint density at radius 3 is 1.66 bits per heavy atom. The second-order valence-electron chi connectivity index (χ2n) is 8.08. The van der Waals surface area contributed by atoms with Crippen LogP contribution in [0.1, 0.15) is 18.1 Å². The van der Waals surface area contributed by atoms with Gasteiger partial charge in [-0.25, -0.2) is 0 Å². The molecule has 0 heterocycles. The highest BCUT2D eigenvalue weighted by molar-refractivity contribution is 6.05. The Kier molecular flexibility index (Phi) is 8.04. The molecule has 0 fully saturated rings. The average molecular weight is 424 g/mol. The molecule has 3 nitrogen and oxygen atoms in total. The third kappa shape index (κ3) is 6.21. The quantitative estimate of drug-likeness (QED) is 0.485. The Bertz CT molecular complexity index is 1000. The van der Waals surface area contributed by atoms with Gasteiger partial charge in [0, 0.05) is 46.1 Å².